The van der Waals surface area contributed by atoms with E-state index < -0.39 is 5.60 Å². The predicted octanol–water partition coefficient (Wildman–Crippen LogP) is 2.80. The van der Waals surface area contributed by atoms with Gasteiger partial charge in [-0.1, -0.05) is 12.1 Å². The van der Waals surface area contributed by atoms with Crippen molar-refractivity contribution in [2.45, 2.75) is 26.4 Å². The zero-order valence-corrected chi connectivity index (χ0v) is 10.7. The lowest BCUT2D eigenvalue weighted by molar-refractivity contribution is 0.0786. The largest absolute Gasteiger partial charge is 0.438 e. The molecule has 94 valence electrons. The average Bonchev–Trinajstić information content (AvgIpc) is 2.32. The predicted molar refractivity (Wildman–Crippen MR) is 68.5 cm³/mol. The molecule has 0 saturated carbocycles. The van der Waals surface area contributed by atoms with Crippen LogP contribution in [-0.2, 0) is 5.60 Å². The molecule has 0 atom stereocenters. The Hall–Kier alpha value is -1.94. The van der Waals surface area contributed by atoms with E-state index >= 15 is 0 Å². The van der Waals surface area contributed by atoms with E-state index in [1.165, 1.54) is 0 Å². The second kappa shape index (κ2) is 4.74. The van der Waals surface area contributed by atoms with Gasteiger partial charge in [-0.05, 0) is 38.5 Å². The number of hydrogen-bond donors (Lipinski definition) is 1. The van der Waals surface area contributed by atoms with Crippen LogP contribution in [0.2, 0.25) is 0 Å². The van der Waals surface area contributed by atoms with Crippen molar-refractivity contribution in [2.24, 2.45) is 0 Å². The second-order valence-electron chi connectivity index (χ2n) is 4.68. The Morgan fingerprint density at radius 1 is 1.06 bits per heavy atom. The van der Waals surface area contributed by atoms with Gasteiger partial charge < -0.3 is 9.84 Å². The van der Waals surface area contributed by atoms with Crippen molar-refractivity contribution in [3.05, 3.63) is 47.9 Å². The van der Waals surface area contributed by atoms with Gasteiger partial charge in [-0.3, -0.25) is 4.98 Å². The highest BCUT2D eigenvalue weighted by molar-refractivity contribution is 5.32. The summed E-state index contributed by atoms with van der Waals surface area (Å²) in [6.07, 6.45) is 3.24. The van der Waals surface area contributed by atoms with Crippen molar-refractivity contribution in [1.82, 2.24) is 9.97 Å². The third kappa shape index (κ3) is 3.05. The minimum atomic E-state index is -0.845. The second-order valence-corrected chi connectivity index (χ2v) is 4.68. The van der Waals surface area contributed by atoms with Crippen LogP contribution in [0.25, 0.3) is 0 Å². The standard InChI is InChI=1S/C14H16N2O2/c1-10-8-16-13(9-15-10)18-12-6-4-11(5-7-12)14(2,3)17/h4-9,17H,1-3H3. The molecule has 0 aliphatic carbocycles. The molecule has 0 bridgehead atoms. The first-order valence-electron chi connectivity index (χ1n) is 5.74. The number of hydrogen-bond acceptors (Lipinski definition) is 4. The molecule has 0 unspecified atom stereocenters. The van der Waals surface area contributed by atoms with Crippen LogP contribution in [0.5, 0.6) is 11.6 Å². The van der Waals surface area contributed by atoms with Crippen molar-refractivity contribution in [2.75, 3.05) is 0 Å². The zero-order chi connectivity index (χ0) is 13.2. The molecule has 18 heavy (non-hydrogen) atoms. The minimum Gasteiger partial charge on any atom is -0.438 e. The van der Waals surface area contributed by atoms with E-state index in [9.17, 15) is 5.11 Å². The lowest BCUT2D eigenvalue weighted by Gasteiger charge is -2.17. The van der Waals surface area contributed by atoms with E-state index in [1.54, 1.807) is 38.4 Å². The molecule has 1 N–H and O–H groups in total. The number of rotatable bonds is 3. The van der Waals surface area contributed by atoms with E-state index in [0.717, 1.165) is 11.3 Å². The highest BCUT2D eigenvalue weighted by Gasteiger charge is 2.15. The maximum absolute atomic E-state index is 9.84. The van der Waals surface area contributed by atoms with E-state index in [2.05, 4.69) is 9.97 Å². The van der Waals surface area contributed by atoms with Gasteiger partial charge in [0.15, 0.2) is 0 Å². The van der Waals surface area contributed by atoms with Gasteiger partial charge in [-0.2, -0.15) is 0 Å². The molecular formula is C14H16N2O2. The molecule has 1 heterocycles. The topological polar surface area (TPSA) is 55.2 Å². The maximum atomic E-state index is 9.84. The molecule has 0 saturated heterocycles. The summed E-state index contributed by atoms with van der Waals surface area (Å²) in [4.78, 5) is 8.22. The number of nitrogens with zero attached hydrogens (tertiary/aromatic N) is 2. The van der Waals surface area contributed by atoms with Gasteiger partial charge >= 0.3 is 0 Å². The van der Waals surface area contributed by atoms with Crippen molar-refractivity contribution >= 4 is 0 Å². The first-order valence-corrected chi connectivity index (χ1v) is 5.74. The summed E-state index contributed by atoms with van der Waals surface area (Å²) in [5.41, 5.74) is 0.840. The number of aromatic nitrogens is 2. The Kier molecular flexibility index (Phi) is 3.30. The molecule has 0 spiro atoms. The molecule has 4 heteroatoms. The van der Waals surface area contributed by atoms with Crippen LogP contribution in [0, 0.1) is 6.92 Å². The summed E-state index contributed by atoms with van der Waals surface area (Å²) in [6.45, 7) is 5.36. The molecule has 0 fully saturated rings. The maximum Gasteiger partial charge on any atom is 0.237 e. The Balaban J connectivity index is 2.13. The van der Waals surface area contributed by atoms with Crippen LogP contribution < -0.4 is 4.74 Å². The zero-order valence-electron chi connectivity index (χ0n) is 10.7. The van der Waals surface area contributed by atoms with Gasteiger partial charge in [0.05, 0.1) is 23.7 Å². The van der Waals surface area contributed by atoms with Gasteiger partial charge in [-0.25, -0.2) is 4.98 Å². The van der Waals surface area contributed by atoms with Crippen LogP contribution in [0.4, 0.5) is 0 Å². The van der Waals surface area contributed by atoms with Gasteiger partial charge in [0.2, 0.25) is 5.88 Å². The normalized spacial score (nSPS) is 11.3. The number of ether oxygens (including phenoxy) is 1. The number of benzene rings is 1. The summed E-state index contributed by atoms with van der Waals surface area (Å²) in [6, 6.07) is 7.26. The van der Waals surface area contributed by atoms with Gasteiger partial charge in [-0.15, -0.1) is 0 Å². The van der Waals surface area contributed by atoms with Gasteiger partial charge in [0, 0.05) is 0 Å². The fraction of sp³-hybridized carbons (Fsp3) is 0.286. The summed E-state index contributed by atoms with van der Waals surface area (Å²) in [7, 11) is 0. The fourth-order valence-electron chi connectivity index (χ4n) is 1.49. The van der Waals surface area contributed by atoms with Crippen molar-refractivity contribution in [3.63, 3.8) is 0 Å². The lowest BCUT2D eigenvalue weighted by atomic mass is 9.99. The highest BCUT2D eigenvalue weighted by Crippen LogP contribution is 2.24. The summed E-state index contributed by atoms with van der Waals surface area (Å²) in [5.74, 6) is 1.12. The molecule has 2 rings (SSSR count). The van der Waals surface area contributed by atoms with Crippen LogP contribution in [0.1, 0.15) is 25.1 Å². The van der Waals surface area contributed by atoms with Crippen LogP contribution in [0.3, 0.4) is 0 Å². The molecule has 2 aromatic rings. The number of aryl methyl sites for hydroxylation is 1. The van der Waals surface area contributed by atoms with Crippen LogP contribution >= 0.6 is 0 Å². The van der Waals surface area contributed by atoms with Crippen molar-refractivity contribution in [1.29, 1.82) is 0 Å². The monoisotopic (exact) mass is 244 g/mol. The van der Waals surface area contributed by atoms with E-state index in [-0.39, 0.29) is 0 Å². The third-order valence-electron chi connectivity index (χ3n) is 2.54. The van der Waals surface area contributed by atoms with Gasteiger partial charge in [0.1, 0.15) is 5.75 Å². The Morgan fingerprint density at radius 3 is 2.22 bits per heavy atom. The SMILES string of the molecule is Cc1cnc(Oc2ccc(C(C)(C)O)cc2)cn1. The molecule has 1 aromatic heterocycles. The Morgan fingerprint density at radius 2 is 1.72 bits per heavy atom. The highest BCUT2D eigenvalue weighted by atomic mass is 16.5. The first kappa shape index (κ1) is 12.5. The Bertz CT molecular complexity index is 513. The van der Waals surface area contributed by atoms with Crippen LogP contribution in [0.15, 0.2) is 36.7 Å². The third-order valence-corrected chi connectivity index (χ3v) is 2.54. The molecule has 0 aliphatic heterocycles. The number of aliphatic hydroxyl groups is 1. The minimum absolute atomic E-state index is 0.455. The molecular weight excluding hydrogens is 228 g/mol. The summed E-state index contributed by atoms with van der Waals surface area (Å²) < 4.78 is 5.55. The smallest absolute Gasteiger partial charge is 0.237 e. The lowest BCUT2D eigenvalue weighted by Crippen LogP contribution is -2.14. The summed E-state index contributed by atoms with van der Waals surface area (Å²) in [5, 5.41) is 9.84. The first-order chi connectivity index (χ1) is 8.45. The van der Waals surface area contributed by atoms with E-state index in [4.69, 9.17) is 4.74 Å². The molecule has 1 aromatic carbocycles. The molecule has 0 amide bonds. The average molecular weight is 244 g/mol. The van der Waals surface area contributed by atoms with E-state index in [1.807, 2.05) is 19.1 Å². The quantitative estimate of drug-likeness (QED) is 0.902. The van der Waals surface area contributed by atoms with Crippen molar-refractivity contribution in [3.8, 4) is 11.6 Å². The molecule has 0 aliphatic rings. The van der Waals surface area contributed by atoms with Gasteiger partial charge in [0.25, 0.3) is 0 Å². The Labute approximate surface area is 106 Å². The fourth-order valence-corrected chi connectivity index (χ4v) is 1.49. The van der Waals surface area contributed by atoms with E-state index in [0.29, 0.717) is 11.6 Å². The van der Waals surface area contributed by atoms with Crippen molar-refractivity contribution < 1.29 is 9.84 Å². The summed E-state index contributed by atoms with van der Waals surface area (Å²) >= 11 is 0. The molecule has 0 radical (unpaired) electrons. The molecule has 4 nitrogen and oxygen atoms in total. The van der Waals surface area contributed by atoms with Crippen LogP contribution in [-0.4, -0.2) is 15.1 Å².